The largest absolute Gasteiger partial charge is 0.382 e. The van der Waals surface area contributed by atoms with Gasteiger partial charge in [0.2, 0.25) is 5.91 Å². The summed E-state index contributed by atoms with van der Waals surface area (Å²) in [5.41, 5.74) is 2.58. The van der Waals surface area contributed by atoms with E-state index in [1.165, 1.54) is 24.1 Å². The highest BCUT2D eigenvalue weighted by molar-refractivity contribution is 5.79. The first-order valence-electron chi connectivity index (χ1n) is 8.97. The number of nitrogens with zero attached hydrogens (tertiary/aromatic N) is 2. The Bertz CT molecular complexity index is 561. The number of carbonyl (C=O) groups is 1. The van der Waals surface area contributed by atoms with Crippen LogP contribution in [0.25, 0.3) is 0 Å². The molecule has 2 heterocycles. The Morgan fingerprint density at radius 3 is 3.09 bits per heavy atom. The Balaban J connectivity index is 1.64. The number of fused-ring (bicyclic) bond motifs is 1. The molecule has 4 nitrogen and oxygen atoms in total. The van der Waals surface area contributed by atoms with E-state index in [0.29, 0.717) is 12.5 Å². The molecule has 0 aromatic carbocycles. The minimum Gasteiger partial charge on any atom is -0.382 e. The molecule has 0 radical (unpaired) electrons. The molecule has 0 saturated heterocycles. The van der Waals surface area contributed by atoms with E-state index in [-0.39, 0.29) is 5.91 Å². The van der Waals surface area contributed by atoms with Gasteiger partial charge in [-0.05, 0) is 51.2 Å². The van der Waals surface area contributed by atoms with Crippen molar-refractivity contribution < 1.29 is 9.53 Å². The molecule has 126 valence electrons. The molecule has 0 spiro atoms. The second-order valence-corrected chi connectivity index (χ2v) is 6.61. The van der Waals surface area contributed by atoms with Gasteiger partial charge >= 0.3 is 0 Å². The first-order chi connectivity index (χ1) is 11.3. The van der Waals surface area contributed by atoms with E-state index in [2.05, 4.69) is 29.0 Å². The molecule has 0 saturated carbocycles. The average Bonchev–Trinajstić information content (AvgIpc) is 3.04. The number of allylic oxidation sites excluding steroid dienone is 1. The molecule has 1 unspecified atom stereocenters. The number of hydrogen-bond acceptors (Lipinski definition) is 2. The molecule has 1 aliphatic carbocycles. The van der Waals surface area contributed by atoms with E-state index in [9.17, 15) is 4.79 Å². The molecule has 0 N–H and O–H groups in total. The van der Waals surface area contributed by atoms with Crippen molar-refractivity contribution in [2.24, 2.45) is 0 Å². The molecule has 23 heavy (non-hydrogen) atoms. The summed E-state index contributed by atoms with van der Waals surface area (Å²) in [6.45, 7) is 5.08. The second-order valence-electron chi connectivity index (χ2n) is 6.61. The third-order valence-corrected chi connectivity index (χ3v) is 4.96. The maximum absolute atomic E-state index is 12.7. The van der Waals surface area contributed by atoms with E-state index >= 15 is 0 Å². The van der Waals surface area contributed by atoms with Crippen LogP contribution in [-0.4, -0.2) is 35.1 Å². The number of hydrogen-bond donors (Lipinski definition) is 0. The Hall–Kier alpha value is -1.55. The number of ether oxygens (including phenoxy) is 1. The van der Waals surface area contributed by atoms with Gasteiger partial charge in [-0.15, -0.1) is 0 Å². The zero-order valence-electron chi connectivity index (χ0n) is 14.2. The predicted octanol–water partition coefficient (Wildman–Crippen LogP) is 3.69. The summed E-state index contributed by atoms with van der Waals surface area (Å²) in [6, 6.07) is 4.55. The van der Waals surface area contributed by atoms with Gasteiger partial charge in [-0.25, -0.2) is 0 Å². The molecule has 0 bridgehead atoms. The quantitative estimate of drug-likeness (QED) is 0.592. The SMILES string of the molecule is CCOCCC1CN(C(=O)CC2=CCCCC2)Cc2cccn21. The lowest BCUT2D eigenvalue weighted by Crippen LogP contribution is -2.41. The first kappa shape index (κ1) is 16.3. The summed E-state index contributed by atoms with van der Waals surface area (Å²) in [5, 5.41) is 0. The molecule has 1 aromatic rings. The number of rotatable bonds is 6. The summed E-state index contributed by atoms with van der Waals surface area (Å²) in [7, 11) is 0. The maximum atomic E-state index is 12.7. The van der Waals surface area contributed by atoms with Crippen molar-refractivity contribution in [1.82, 2.24) is 9.47 Å². The standard InChI is InChI=1S/C19H28N2O2/c1-2-23-12-10-18-15-20(14-17-9-6-11-21(17)18)19(22)13-16-7-4-3-5-8-16/h6-7,9,11,18H,2-5,8,10,12-15H2,1H3. The lowest BCUT2D eigenvalue weighted by Gasteiger charge is -2.35. The third kappa shape index (κ3) is 4.05. The number of aromatic nitrogens is 1. The molecule has 1 aromatic heterocycles. The van der Waals surface area contributed by atoms with Gasteiger partial charge in [-0.2, -0.15) is 0 Å². The van der Waals surface area contributed by atoms with Crippen molar-refractivity contribution in [2.45, 2.75) is 58.0 Å². The van der Waals surface area contributed by atoms with Crippen LogP contribution in [0.4, 0.5) is 0 Å². The van der Waals surface area contributed by atoms with Gasteiger partial charge in [0.25, 0.3) is 0 Å². The zero-order valence-corrected chi connectivity index (χ0v) is 14.2. The van der Waals surface area contributed by atoms with Crippen LogP contribution < -0.4 is 0 Å². The molecule has 1 aliphatic heterocycles. The van der Waals surface area contributed by atoms with E-state index in [0.717, 1.165) is 45.6 Å². The van der Waals surface area contributed by atoms with Gasteiger partial charge in [0.1, 0.15) is 0 Å². The topological polar surface area (TPSA) is 34.5 Å². The smallest absolute Gasteiger partial charge is 0.227 e. The van der Waals surface area contributed by atoms with Crippen LogP contribution in [0.5, 0.6) is 0 Å². The van der Waals surface area contributed by atoms with Gasteiger partial charge < -0.3 is 14.2 Å². The van der Waals surface area contributed by atoms with Crippen LogP contribution >= 0.6 is 0 Å². The zero-order chi connectivity index (χ0) is 16.1. The highest BCUT2D eigenvalue weighted by atomic mass is 16.5. The molecule has 4 heteroatoms. The van der Waals surface area contributed by atoms with Crippen molar-refractivity contribution >= 4 is 5.91 Å². The average molecular weight is 316 g/mol. The van der Waals surface area contributed by atoms with E-state index in [1.807, 2.05) is 11.8 Å². The predicted molar refractivity (Wildman–Crippen MR) is 91.2 cm³/mol. The van der Waals surface area contributed by atoms with Crippen LogP contribution in [0.15, 0.2) is 30.0 Å². The highest BCUT2D eigenvalue weighted by Crippen LogP contribution is 2.27. The monoisotopic (exact) mass is 316 g/mol. The van der Waals surface area contributed by atoms with Gasteiger partial charge in [-0.1, -0.05) is 11.6 Å². The lowest BCUT2D eigenvalue weighted by molar-refractivity contribution is -0.132. The van der Waals surface area contributed by atoms with Crippen LogP contribution in [0.3, 0.4) is 0 Å². The molecule has 1 atom stereocenters. The fourth-order valence-corrected chi connectivity index (χ4v) is 3.68. The van der Waals surface area contributed by atoms with Crippen molar-refractivity contribution in [3.63, 3.8) is 0 Å². The van der Waals surface area contributed by atoms with Gasteiger partial charge in [0, 0.05) is 38.1 Å². The van der Waals surface area contributed by atoms with Crippen LogP contribution in [-0.2, 0) is 16.1 Å². The van der Waals surface area contributed by atoms with E-state index < -0.39 is 0 Å². The van der Waals surface area contributed by atoms with Crippen molar-refractivity contribution in [2.75, 3.05) is 19.8 Å². The Morgan fingerprint density at radius 1 is 1.39 bits per heavy atom. The molecule has 1 amide bonds. The summed E-state index contributed by atoms with van der Waals surface area (Å²) in [6.07, 6.45) is 10.7. The van der Waals surface area contributed by atoms with Gasteiger partial charge in [0.15, 0.2) is 0 Å². The van der Waals surface area contributed by atoms with E-state index in [1.54, 1.807) is 0 Å². The van der Waals surface area contributed by atoms with Gasteiger partial charge in [0.05, 0.1) is 12.6 Å². The van der Waals surface area contributed by atoms with Gasteiger partial charge in [-0.3, -0.25) is 4.79 Å². The Labute approximate surface area is 139 Å². The summed E-state index contributed by atoms with van der Waals surface area (Å²) < 4.78 is 7.84. The Kier molecular flexibility index (Phi) is 5.55. The van der Waals surface area contributed by atoms with Crippen molar-refractivity contribution in [3.05, 3.63) is 35.7 Å². The summed E-state index contributed by atoms with van der Waals surface area (Å²) in [5.74, 6) is 0.284. The van der Waals surface area contributed by atoms with Crippen LogP contribution in [0.2, 0.25) is 0 Å². The van der Waals surface area contributed by atoms with Crippen molar-refractivity contribution in [3.8, 4) is 0 Å². The summed E-state index contributed by atoms with van der Waals surface area (Å²) >= 11 is 0. The number of amides is 1. The minimum atomic E-state index is 0.284. The minimum absolute atomic E-state index is 0.284. The first-order valence-corrected chi connectivity index (χ1v) is 8.97. The molecule has 3 rings (SSSR count). The fraction of sp³-hybridized carbons (Fsp3) is 0.632. The molecular formula is C19H28N2O2. The van der Waals surface area contributed by atoms with Crippen LogP contribution in [0.1, 0.15) is 57.2 Å². The maximum Gasteiger partial charge on any atom is 0.227 e. The fourth-order valence-electron chi connectivity index (χ4n) is 3.68. The van der Waals surface area contributed by atoms with Crippen LogP contribution in [0, 0.1) is 0 Å². The number of carbonyl (C=O) groups excluding carboxylic acids is 1. The third-order valence-electron chi connectivity index (χ3n) is 4.96. The lowest BCUT2D eigenvalue weighted by atomic mass is 9.96. The molecule has 0 fully saturated rings. The molecular weight excluding hydrogens is 288 g/mol. The Morgan fingerprint density at radius 2 is 2.30 bits per heavy atom. The van der Waals surface area contributed by atoms with E-state index in [4.69, 9.17) is 4.74 Å². The summed E-state index contributed by atoms with van der Waals surface area (Å²) in [4.78, 5) is 14.8. The molecule has 2 aliphatic rings. The second kappa shape index (κ2) is 7.82. The normalized spacial score (nSPS) is 21.0. The highest BCUT2D eigenvalue weighted by Gasteiger charge is 2.27. The van der Waals surface area contributed by atoms with Crippen molar-refractivity contribution in [1.29, 1.82) is 0 Å².